The van der Waals surface area contributed by atoms with Crippen molar-refractivity contribution in [2.45, 2.75) is 0 Å². The SMILES string of the molecule is Cn1ccnc1NN=C1COC1. The molecule has 0 unspecified atom stereocenters. The third-order valence-corrected chi connectivity index (χ3v) is 1.67. The van der Waals surface area contributed by atoms with Crippen molar-refractivity contribution >= 4 is 11.7 Å². The van der Waals surface area contributed by atoms with E-state index in [2.05, 4.69) is 15.5 Å². The highest BCUT2D eigenvalue weighted by molar-refractivity contribution is 5.91. The molecule has 0 radical (unpaired) electrons. The van der Waals surface area contributed by atoms with Crippen molar-refractivity contribution in [3.8, 4) is 0 Å². The van der Waals surface area contributed by atoms with E-state index in [1.807, 2.05) is 17.8 Å². The van der Waals surface area contributed by atoms with Gasteiger partial charge >= 0.3 is 0 Å². The number of hydrogen-bond donors (Lipinski definition) is 1. The van der Waals surface area contributed by atoms with E-state index in [0.29, 0.717) is 13.2 Å². The molecule has 0 amide bonds. The smallest absolute Gasteiger partial charge is 0.223 e. The zero-order valence-electron chi connectivity index (χ0n) is 6.82. The Balaban J connectivity index is 1.99. The fraction of sp³-hybridized carbons (Fsp3) is 0.429. The summed E-state index contributed by atoms with van der Waals surface area (Å²) in [5.41, 5.74) is 3.88. The van der Waals surface area contributed by atoms with Gasteiger partial charge in [0.15, 0.2) is 0 Å². The number of hydrazone groups is 1. The first-order valence-corrected chi connectivity index (χ1v) is 3.73. The van der Waals surface area contributed by atoms with Crippen LogP contribution in [0.25, 0.3) is 0 Å². The Morgan fingerprint density at radius 2 is 2.50 bits per heavy atom. The molecule has 1 N–H and O–H groups in total. The fourth-order valence-electron chi connectivity index (χ4n) is 0.860. The topological polar surface area (TPSA) is 51.4 Å². The first-order chi connectivity index (χ1) is 5.86. The molecule has 2 heterocycles. The normalized spacial score (nSPS) is 15.6. The molecule has 0 aromatic carbocycles. The maximum atomic E-state index is 4.94. The summed E-state index contributed by atoms with van der Waals surface area (Å²) in [4.78, 5) is 4.05. The molecule has 0 atom stereocenters. The highest BCUT2D eigenvalue weighted by atomic mass is 16.5. The second-order valence-corrected chi connectivity index (χ2v) is 2.64. The van der Waals surface area contributed by atoms with Gasteiger partial charge in [-0.15, -0.1) is 0 Å². The van der Waals surface area contributed by atoms with Gasteiger partial charge in [-0.2, -0.15) is 5.10 Å². The number of imidazole rings is 1. The van der Waals surface area contributed by atoms with Gasteiger partial charge in [-0.05, 0) is 0 Å². The fourth-order valence-corrected chi connectivity index (χ4v) is 0.860. The summed E-state index contributed by atoms with van der Waals surface area (Å²) in [5, 5.41) is 4.09. The van der Waals surface area contributed by atoms with Gasteiger partial charge < -0.3 is 9.30 Å². The second kappa shape index (κ2) is 2.94. The minimum absolute atomic E-state index is 0.636. The quantitative estimate of drug-likeness (QED) is 0.639. The molecular weight excluding hydrogens is 156 g/mol. The Labute approximate surface area is 70.1 Å². The molecule has 0 saturated carbocycles. The van der Waals surface area contributed by atoms with E-state index in [9.17, 15) is 0 Å². The van der Waals surface area contributed by atoms with E-state index >= 15 is 0 Å². The molecular formula is C7H10N4O. The predicted molar refractivity (Wildman–Crippen MR) is 45.1 cm³/mol. The van der Waals surface area contributed by atoms with Crippen LogP contribution in [0.1, 0.15) is 0 Å². The second-order valence-electron chi connectivity index (χ2n) is 2.64. The van der Waals surface area contributed by atoms with Crippen molar-refractivity contribution in [1.29, 1.82) is 0 Å². The van der Waals surface area contributed by atoms with Crippen molar-refractivity contribution in [2.24, 2.45) is 12.1 Å². The zero-order valence-corrected chi connectivity index (χ0v) is 6.82. The zero-order chi connectivity index (χ0) is 8.39. The lowest BCUT2D eigenvalue weighted by Gasteiger charge is -2.15. The molecule has 1 fully saturated rings. The Kier molecular flexibility index (Phi) is 1.79. The average molecular weight is 166 g/mol. The molecule has 0 spiro atoms. The maximum Gasteiger partial charge on any atom is 0.223 e. The average Bonchev–Trinajstić information content (AvgIpc) is 2.33. The van der Waals surface area contributed by atoms with Crippen LogP contribution in [-0.2, 0) is 11.8 Å². The molecule has 12 heavy (non-hydrogen) atoms. The van der Waals surface area contributed by atoms with Crippen molar-refractivity contribution in [2.75, 3.05) is 18.6 Å². The number of hydrogen-bond acceptors (Lipinski definition) is 4. The number of nitrogens with one attached hydrogen (secondary N) is 1. The van der Waals surface area contributed by atoms with Gasteiger partial charge in [0.25, 0.3) is 0 Å². The summed E-state index contributed by atoms with van der Waals surface area (Å²) in [6, 6.07) is 0. The van der Waals surface area contributed by atoms with Crippen LogP contribution in [0.2, 0.25) is 0 Å². The molecule has 0 aliphatic carbocycles. The lowest BCUT2D eigenvalue weighted by Crippen LogP contribution is -2.28. The lowest BCUT2D eigenvalue weighted by molar-refractivity contribution is 0.159. The largest absolute Gasteiger partial charge is 0.369 e. The van der Waals surface area contributed by atoms with Crippen molar-refractivity contribution in [3.63, 3.8) is 0 Å². The summed E-state index contributed by atoms with van der Waals surface area (Å²) in [6.07, 6.45) is 3.58. The van der Waals surface area contributed by atoms with Crippen LogP contribution in [0, 0.1) is 0 Å². The van der Waals surface area contributed by atoms with E-state index in [1.54, 1.807) is 6.20 Å². The van der Waals surface area contributed by atoms with Crippen LogP contribution >= 0.6 is 0 Å². The Bertz CT molecular complexity index is 298. The minimum atomic E-state index is 0.636. The van der Waals surface area contributed by atoms with Crippen LogP contribution in [0.4, 0.5) is 5.95 Å². The summed E-state index contributed by atoms with van der Waals surface area (Å²) in [6.45, 7) is 1.27. The van der Waals surface area contributed by atoms with Crippen molar-refractivity contribution in [1.82, 2.24) is 9.55 Å². The summed E-state index contributed by atoms with van der Waals surface area (Å²) < 4.78 is 6.80. The number of ether oxygens (including phenoxy) is 1. The Morgan fingerprint density at radius 1 is 1.67 bits per heavy atom. The van der Waals surface area contributed by atoms with Gasteiger partial charge in [-0.25, -0.2) is 10.4 Å². The Hall–Kier alpha value is -1.36. The molecule has 1 aliphatic rings. The van der Waals surface area contributed by atoms with Gasteiger partial charge in [0, 0.05) is 19.4 Å². The predicted octanol–water partition coefficient (Wildman–Crippen LogP) is 0.218. The van der Waals surface area contributed by atoms with E-state index < -0.39 is 0 Å². The van der Waals surface area contributed by atoms with E-state index in [-0.39, 0.29) is 0 Å². The molecule has 64 valence electrons. The van der Waals surface area contributed by atoms with Crippen LogP contribution in [0.15, 0.2) is 17.5 Å². The van der Waals surface area contributed by atoms with Gasteiger partial charge in [0.1, 0.15) is 0 Å². The summed E-state index contributed by atoms with van der Waals surface area (Å²) >= 11 is 0. The standard InChI is InChI=1S/C7H10N4O/c1-11-3-2-8-7(11)10-9-6-4-12-5-6/h2-3H,4-5H2,1H3,(H,8,10). The van der Waals surface area contributed by atoms with E-state index in [4.69, 9.17) is 4.74 Å². The van der Waals surface area contributed by atoms with Gasteiger partial charge in [-0.1, -0.05) is 0 Å². The van der Waals surface area contributed by atoms with Crippen molar-refractivity contribution < 1.29 is 4.74 Å². The first kappa shape index (κ1) is 7.30. The molecule has 5 nitrogen and oxygen atoms in total. The number of rotatable bonds is 2. The van der Waals surface area contributed by atoms with E-state index in [1.165, 1.54) is 0 Å². The molecule has 1 aromatic heterocycles. The molecule has 5 heteroatoms. The first-order valence-electron chi connectivity index (χ1n) is 3.73. The van der Waals surface area contributed by atoms with Crippen LogP contribution in [-0.4, -0.2) is 28.5 Å². The van der Waals surface area contributed by atoms with Crippen LogP contribution in [0.5, 0.6) is 0 Å². The van der Waals surface area contributed by atoms with Gasteiger partial charge in [0.05, 0.1) is 18.9 Å². The molecule has 1 aliphatic heterocycles. The third kappa shape index (κ3) is 1.31. The summed E-state index contributed by atoms with van der Waals surface area (Å²) in [7, 11) is 1.91. The monoisotopic (exact) mass is 166 g/mol. The Morgan fingerprint density at radius 3 is 3.00 bits per heavy atom. The maximum absolute atomic E-state index is 4.94. The third-order valence-electron chi connectivity index (χ3n) is 1.67. The highest BCUT2D eigenvalue weighted by Gasteiger charge is 2.10. The number of nitrogens with zero attached hydrogens (tertiary/aromatic N) is 3. The van der Waals surface area contributed by atoms with Crippen molar-refractivity contribution in [3.05, 3.63) is 12.4 Å². The molecule has 0 bridgehead atoms. The number of aromatic nitrogens is 2. The lowest BCUT2D eigenvalue weighted by atomic mass is 10.3. The van der Waals surface area contributed by atoms with E-state index in [0.717, 1.165) is 11.7 Å². The molecule has 2 rings (SSSR count). The summed E-state index contributed by atoms with van der Waals surface area (Å²) in [5.74, 6) is 0.745. The highest BCUT2D eigenvalue weighted by Crippen LogP contribution is 2.02. The van der Waals surface area contributed by atoms with Crippen LogP contribution in [0.3, 0.4) is 0 Å². The number of anilines is 1. The minimum Gasteiger partial charge on any atom is -0.369 e. The number of aryl methyl sites for hydroxylation is 1. The molecule has 1 aromatic rings. The van der Waals surface area contributed by atoms with Gasteiger partial charge in [-0.3, -0.25) is 0 Å². The van der Waals surface area contributed by atoms with Crippen LogP contribution < -0.4 is 5.43 Å². The molecule has 1 saturated heterocycles. The van der Waals surface area contributed by atoms with Gasteiger partial charge in [0.2, 0.25) is 5.95 Å².